The summed E-state index contributed by atoms with van der Waals surface area (Å²) in [6.07, 6.45) is 14.3. The number of allylic oxidation sites excluding steroid dienone is 1. The maximum Gasteiger partial charge on any atom is 0.0583 e. The number of hydrogen-bond acceptors (Lipinski definition) is 3. The van der Waals surface area contributed by atoms with Gasteiger partial charge in [0.15, 0.2) is 0 Å². The van der Waals surface area contributed by atoms with Gasteiger partial charge in [-0.05, 0) is 19.3 Å². The summed E-state index contributed by atoms with van der Waals surface area (Å²) in [5, 5.41) is 0. The molecule has 14 heavy (non-hydrogen) atoms. The normalized spacial score (nSPS) is 13.2. The molecule has 2 rings (SSSR count). The highest BCUT2D eigenvalue weighted by atomic mass is 14.8. The first-order valence-corrected chi connectivity index (χ1v) is 4.85. The van der Waals surface area contributed by atoms with E-state index in [1.807, 2.05) is 12.4 Å². The number of hydrogen-bond donors (Lipinski definition) is 0. The Labute approximate surface area is 84.6 Å². The molecule has 1 aliphatic heterocycles. The summed E-state index contributed by atoms with van der Waals surface area (Å²) in [5.74, 6) is 0. The van der Waals surface area contributed by atoms with Crippen molar-refractivity contribution in [3.8, 4) is 0 Å². The van der Waals surface area contributed by atoms with Gasteiger partial charge in [-0.2, -0.15) is 0 Å². The van der Waals surface area contributed by atoms with E-state index < -0.39 is 0 Å². The molecule has 0 fully saturated rings. The molecule has 0 aliphatic carbocycles. The van der Waals surface area contributed by atoms with Gasteiger partial charge in [-0.15, -0.1) is 0 Å². The van der Waals surface area contributed by atoms with Crippen LogP contribution >= 0.6 is 0 Å². The second kappa shape index (κ2) is 6.95. The topological polar surface area (TPSA) is 38.1 Å². The standard InChI is InChI=1S/C6H8N2.C5H7N/c1-2-6-5-7-3-4-8-6;1-2-4-6-5-3-1/h3-5H,2H2,1H3;2,4-5H,1,3H2. The molecule has 0 aromatic carbocycles. The van der Waals surface area contributed by atoms with Crippen LogP contribution in [0.2, 0.25) is 0 Å². The van der Waals surface area contributed by atoms with Gasteiger partial charge >= 0.3 is 0 Å². The Morgan fingerprint density at radius 2 is 2.21 bits per heavy atom. The molecule has 1 aromatic heterocycles. The van der Waals surface area contributed by atoms with E-state index in [1.54, 1.807) is 18.6 Å². The maximum absolute atomic E-state index is 4.03. The van der Waals surface area contributed by atoms with Gasteiger partial charge in [0.1, 0.15) is 0 Å². The minimum absolute atomic E-state index is 0.966. The quantitative estimate of drug-likeness (QED) is 0.680. The number of aromatic nitrogens is 2. The molecule has 0 atom stereocenters. The zero-order valence-electron chi connectivity index (χ0n) is 8.43. The summed E-state index contributed by atoms with van der Waals surface area (Å²) in [7, 11) is 0. The fraction of sp³-hybridized carbons (Fsp3) is 0.364. The zero-order valence-corrected chi connectivity index (χ0v) is 8.43. The van der Waals surface area contributed by atoms with Gasteiger partial charge in [0, 0.05) is 31.0 Å². The third kappa shape index (κ3) is 4.50. The van der Waals surface area contributed by atoms with Crippen molar-refractivity contribution in [3.63, 3.8) is 0 Å². The Morgan fingerprint density at radius 1 is 1.29 bits per heavy atom. The SMILES string of the molecule is C1=CN=CCC1.CCc1cnccn1. The second-order valence-electron chi connectivity index (χ2n) is 2.84. The lowest BCUT2D eigenvalue weighted by Crippen LogP contribution is -1.84. The van der Waals surface area contributed by atoms with E-state index in [4.69, 9.17) is 0 Å². The summed E-state index contributed by atoms with van der Waals surface area (Å²) in [5.41, 5.74) is 1.05. The fourth-order valence-corrected chi connectivity index (χ4v) is 0.954. The Hall–Kier alpha value is -1.51. The zero-order chi connectivity index (χ0) is 10.1. The first-order valence-electron chi connectivity index (χ1n) is 4.85. The summed E-state index contributed by atoms with van der Waals surface area (Å²) >= 11 is 0. The molecular formula is C11H15N3. The molecule has 0 radical (unpaired) electrons. The summed E-state index contributed by atoms with van der Waals surface area (Å²) in [6.45, 7) is 2.06. The molecular weight excluding hydrogens is 174 g/mol. The minimum atomic E-state index is 0.966. The fourth-order valence-electron chi connectivity index (χ4n) is 0.954. The van der Waals surface area contributed by atoms with Crippen LogP contribution in [0.25, 0.3) is 0 Å². The van der Waals surface area contributed by atoms with Crippen molar-refractivity contribution in [2.24, 2.45) is 4.99 Å². The molecule has 0 N–H and O–H groups in total. The van der Waals surface area contributed by atoms with Crippen molar-refractivity contribution in [1.29, 1.82) is 0 Å². The maximum atomic E-state index is 4.03. The molecule has 0 amide bonds. The van der Waals surface area contributed by atoms with Gasteiger partial charge in [0.2, 0.25) is 0 Å². The van der Waals surface area contributed by atoms with Gasteiger partial charge in [-0.1, -0.05) is 13.0 Å². The first-order chi connectivity index (χ1) is 6.93. The van der Waals surface area contributed by atoms with Crippen molar-refractivity contribution >= 4 is 6.21 Å². The highest BCUT2D eigenvalue weighted by Crippen LogP contribution is 1.93. The van der Waals surface area contributed by atoms with Crippen LogP contribution in [0.3, 0.4) is 0 Å². The smallest absolute Gasteiger partial charge is 0.0583 e. The summed E-state index contributed by atoms with van der Waals surface area (Å²) < 4.78 is 0. The van der Waals surface area contributed by atoms with Gasteiger partial charge in [0.25, 0.3) is 0 Å². The lowest BCUT2D eigenvalue weighted by molar-refractivity contribution is 1.000. The predicted molar refractivity (Wildman–Crippen MR) is 58.3 cm³/mol. The highest BCUT2D eigenvalue weighted by molar-refractivity contribution is 5.59. The molecule has 0 bridgehead atoms. The average Bonchev–Trinajstić information content (AvgIpc) is 2.33. The van der Waals surface area contributed by atoms with Crippen molar-refractivity contribution in [2.45, 2.75) is 26.2 Å². The van der Waals surface area contributed by atoms with E-state index in [0.717, 1.165) is 18.5 Å². The minimum Gasteiger partial charge on any atom is -0.269 e. The van der Waals surface area contributed by atoms with Crippen LogP contribution in [-0.2, 0) is 6.42 Å². The third-order valence-corrected chi connectivity index (χ3v) is 1.74. The molecule has 74 valence electrons. The van der Waals surface area contributed by atoms with Crippen LogP contribution in [0.15, 0.2) is 35.9 Å². The van der Waals surface area contributed by atoms with Crippen molar-refractivity contribution in [3.05, 3.63) is 36.6 Å². The van der Waals surface area contributed by atoms with Crippen LogP contribution in [0.1, 0.15) is 25.5 Å². The van der Waals surface area contributed by atoms with Gasteiger partial charge in [-0.3, -0.25) is 15.0 Å². The number of aryl methyl sites for hydroxylation is 1. The van der Waals surface area contributed by atoms with Crippen LogP contribution < -0.4 is 0 Å². The van der Waals surface area contributed by atoms with Crippen LogP contribution in [0, 0.1) is 0 Å². The molecule has 1 aliphatic rings. The Morgan fingerprint density at radius 3 is 2.50 bits per heavy atom. The van der Waals surface area contributed by atoms with Crippen molar-refractivity contribution < 1.29 is 0 Å². The summed E-state index contributed by atoms with van der Waals surface area (Å²) in [4.78, 5) is 11.8. The van der Waals surface area contributed by atoms with E-state index in [1.165, 1.54) is 6.42 Å². The third-order valence-electron chi connectivity index (χ3n) is 1.74. The number of nitrogens with zero attached hydrogens (tertiary/aromatic N) is 3. The summed E-state index contributed by atoms with van der Waals surface area (Å²) in [6, 6.07) is 0. The molecule has 0 saturated heterocycles. The molecule has 3 heteroatoms. The second-order valence-corrected chi connectivity index (χ2v) is 2.84. The number of rotatable bonds is 1. The first kappa shape index (κ1) is 10.6. The largest absolute Gasteiger partial charge is 0.269 e. The molecule has 3 nitrogen and oxygen atoms in total. The van der Waals surface area contributed by atoms with Crippen LogP contribution in [0.5, 0.6) is 0 Å². The number of aliphatic imine (C=N–C) groups is 1. The monoisotopic (exact) mass is 189 g/mol. The average molecular weight is 189 g/mol. The van der Waals surface area contributed by atoms with E-state index in [0.29, 0.717) is 0 Å². The molecule has 2 heterocycles. The Balaban J connectivity index is 0.000000146. The lowest BCUT2D eigenvalue weighted by atomic mass is 10.3. The Kier molecular flexibility index (Phi) is 5.25. The molecule has 0 unspecified atom stereocenters. The predicted octanol–water partition coefficient (Wildman–Crippen LogP) is 2.40. The van der Waals surface area contributed by atoms with Gasteiger partial charge in [0.05, 0.1) is 5.69 Å². The molecule has 1 aromatic rings. The van der Waals surface area contributed by atoms with Crippen molar-refractivity contribution in [1.82, 2.24) is 9.97 Å². The lowest BCUT2D eigenvalue weighted by Gasteiger charge is -1.88. The van der Waals surface area contributed by atoms with Crippen LogP contribution in [0.4, 0.5) is 0 Å². The van der Waals surface area contributed by atoms with E-state index in [2.05, 4.69) is 28.0 Å². The van der Waals surface area contributed by atoms with E-state index in [-0.39, 0.29) is 0 Å². The highest BCUT2D eigenvalue weighted by Gasteiger charge is 1.82. The Bertz CT molecular complexity index is 279. The van der Waals surface area contributed by atoms with Gasteiger partial charge < -0.3 is 0 Å². The van der Waals surface area contributed by atoms with Crippen LogP contribution in [-0.4, -0.2) is 16.2 Å². The van der Waals surface area contributed by atoms with E-state index >= 15 is 0 Å². The molecule has 0 saturated carbocycles. The van der Waals surface area contributed by atoms with E-state index in [9.17, 15) is 0 Å². The molecule has 0 spiro atoms. The van der Waals surface area contributed by atoms with Crippen molar-refractivity contribution in [2.75, 3.05) is 0 Å². The van der Waals surface area contributed by atoms with Gasteiger partial charge in [-0.25, -0.2) is 0 Å².